The topological polar surface area (TPSA) is 21.3 Å². The molecule has 1 aromatic rings. The Morgan fingerprint density at radius 1 is 1.26 bits per heavy atom. The molecular formula is C17H27NO. The van der Waals surface area contributed by atoms with Gasteiger partial charge in [0, 0.05) is 18.6 Å². The summed E-state index contributed by atoms with van der Waals surface area (Å²) in [5.41, 5.74) is 2.86. The van der Waals surface area contributed by atoms with Crippen molar-refractivity contribution in [3.63, 3.8) is 0 Å². The summed E-state index contributed by atoms with van der Waals surface area (Å²) >= 11 is 0. The summed E-state index contributed by atoms with van der Waals surface area (Å²) in [6.07, 6.45) is 2.31. The Hall–Kier alpha value is -0.860. The van der Waals surface area contributed by atoms with E-state index in [2.05, 4.69) is 50.4 Å². The van der Waals surface area contributed by atoms with Crippen molar-refractivity contribution in [1.82, 2.24) is 5.32 Å². The van der Waals surface area contributed by atoms with Gasteiger partial charge in [0.05, 0.1) is 6.61 Å². The molecule has 106 valence electrons. The Balaban J connectivity index is 1.99. The van der Waals surface area contributed by atoms with Gasteiger partial charge in [-0.25, -0.2) is 0 Å². The third-order valence-electron chi connectivity index (χ3n) is 4.10. The van der Waals surface area contributed by atoms with Crippen molar-refractivity contribution >= 4 is 0 Å². The Bertz CT molecular complexity index is 365. The van der Waals surface area contributed by atoms with E-state index in [-0.39, 0.29) is 0 Å². The molecular weight excluding hydrogens is 234 g/mol. The minimum atomic E-state index is 0.553. The highest BCUT2D eigenvalue weighted by molar-refractivity contribution is 5.25. The molecule has 0 spiro atoms. The van der Waals surface area contributed by atoms with Gasteiger partial charge in [-0.1, -0.05) is 45.0 Å². The van der Waals surface area contributed by atoms with Crippen molar-refractivity contribution in [1.29, 1.82) is 0 Å². The number of hydrogen-bond acceptors (Lipinski definition) is 2. The monoisotopic (exact) mass is 261 g/mol. The molecule has 1 aliphatic heterocycles. The Labute approximate surface area is 117 Å². The van der Waals surface area contributed by atoms with Crippen LogP contribution in [0.5, 0.6) is 0 Å². The lowest BCUT2D eigenvalue weighted by Gasteiger charge is -2.23. The fourth-order valence-electron chi connectivity index (χ4n) is 2.83. The first-order chi connectivity index (χ1) is 9.20. The van der Waals surface area contributed by atoms with Gasteiger partial charge in [-0.15, -0.1) is 0 Å². The normalized spacial score (nSPS) is 20.9. The maximum atomic E-state index is 5.53. The second kappa shape index (κ2) is 7.06. The molecule has 1 heterocycles. The number of hydrogen-bond donors (Lipinski definition) is 1. The van der Waals surface area contributed by atoms with Crippen molar-refractivity contribution in [2.45, 2.75) is 45.6 Å². The number of rotatable bonds is 6. The SMILES string of the molecule is CCNC(Cc1ccc(C(C)C)cc1)C1CCOC1. The predicted octanol–water partition coefficient (Wildman–Crippen LogP) is 3.37. The zero-order valence-corrected chi connectivity index (χ0v) is 12.5. The summed E-state index contributed by atoms with van der Waals surface area (Å²) < 4.78 is 5.53. The lowest BCUT2D eigenvalue weighted by molar-refractivity contribution is 0.176. The Morgan fingerprint density at radius 3 is 2.53 bits per heavy atom. The van der Waals surface area contributed by atoms with Crippen LogP contribution in [0.3, 0.4) is 0 Å². The van der Waals surface area contributed by atoms with Crippen LogP contribution >= 0.6 is 0 Å². The van der Waals surface area contributed by atoms with Crippen molar-refractivity contribution in [3.05, 3.63) is 35.4 Å². The molecule has 0 aliphatic carbocycles. The average Bonchev–Trinajstić information content (AvgIpc) is 2.92. The molecule has 0 bridgehead atoms. The molecule has 2 rings (SSSR count). The van der Waals surface area contributed by atoms with Gasteiger partial charge >= 0.3 is 0 Å². The average molecular weight is 261 g/mol. The molecule has 2 atom stereocenters. The van der Waals surface area contributed by atoms with Gasteiger partial charge in [0.15, 0.2) is 0 Å². The second-order valence-electron chi connectivity index (χ2n) is 5.89. The van der Waals surface area contributed by atoms with Crippen LogP contribution in [-0.4, -0.2) is 25.8 Å². The first-order valence-corrected chi connectivity index (χ1v) is 7.60. The standard InChI is InChI=1S/C17H27NO/c1-4-18-17(16-9-10-19-12-16)11-14-5-7-15(8-6-14)13(2)3/h5-8,13,16-18H,4,9-12H2,1-3H3. The largest absolute Gasteiger partial charge is 0.381 e. The van der Waals surface area contributed by atoms with E-state index in [9.17, 15) is 0 Å². The first kappa shape index (κ1) is 14.5. The lowest BCUT2D eigenvalue weighted by Crippen LogP contribution is -2.38. The van der Waals surface area contributed by atoms with Gasteiger partial charge < -0.3 is 10.1 Å². The van der Waals surface area contributed by atoms with Crippen molar-refractivity contribution < 1.29 is 4.74 Å². The van der Waals surface area contributed by atoms with Gasteiger partial charge in [-0.3, -0.25) is 0 Å². The van der Waals surface area contributed by atoms with E-state index in [1.54, 1.807) is 0 Å². The molecule has 2 nitrogen and oxygen atoms in total. The summed E-state index contributed by atoms with van der Waals surface area (Å²) in [7, 11) is 0. The molecule has 1 aliphatic rings. The summed E-state index contributed by atoms with van der Waals surface area (Å²) in [5.74, 6) is 1.28. The quantitative estimate of drug-likeness (QED) is 0.847. The molecule has 2 unspecified atom stereocenters. The molecule has 0 aromatic heterocycles. The van der Waals surface area contributed by atoms with Crippen LogP contribution < -0.4 is 5.32 Å². The molecule has 1 saturated heterocycles. The predicted molar refractivity (Wildman–Crippen MR) is 80.6 cm³/mol. The molecule has 1 fully saturated rings. The Kier molecular flexibility index (Phi) is 5.41. The van der Waals surface area contributed by atoms with Crippen molar-refractivity contribution in [2.24, 2.45) is 5.92 Å². The number of ether oxygens (including phenoxy) is 1. The summed E-state index contributed by atoms with van der Waals surface area (Å²) in [6, 6.07) is 9.67. The highest BCUT2D eigenvalue weighted by Crippen LogP contribution is 2.21. The van der Waals surface area contributed by atoms with Crippen LogP contribution in [0.4, 0.5) is 0 Å². The minimum absolute atomic E-state index is 0.553. The minimum Gasteiger partial charge on any atom is -0.381 e. The summed E-state index contributed by atoms with van der Waals surface area (Å²) in [4.78, 5) is 0. The van der Waals surface area contributed by atoms with Gasteiger partial charge in [0.25, 0.3) is 0 Å². The fourth-order valence-corrected chi connectivity index (χ4v) is 2.83. The van der Waals surface area contributed by atoms with Crippen molar-refractivity contribution in [2.75, 3.05) is 19.8 Å². The highest BCUT2D eigenvalue weighted by Gasteiger charge is 2.25. The molecule has 1 N–H and O–H groups in total. The molecule has 1 aromatic carbocycles. The van der Waals surface area contributed by atoms with Crippen LogP contribution in [0.25, 0.3) is 0 Å². The van der Waals surface area contributed by atoms with Crippen LogP contribution in [-0.2, 0) is 11.2 Å². The molecule has 0 saturated carbocycles. The first-order valence-electron chi connectivity index (χ1n) is 7.60. The van der Waals surface area contributed by atoms with E-state index in [4.69, 9.17) is 4.74 Å². The van der Waals surface area contributed by atoms with Gasteiger partial charge in [0.2, 0.25) is 0 Å². The van der Waals surface area contributed by atoms with Crippen molar-refractivity contribution in [3.8, 4) is 0 Å². The molecule has 0 radical (unpaired) electrons. The maximum Gasteiger partial charge on any atom is 0.0510 e. The van der Waals surface area contributed by atoms with Crippen LogP contribution in [0.1, 0.15) is 44.2 Å². The number of nitrogens with one attached hydrogen (secondary N) is 1. The molecule has 2 heteroatoms. The van der Waals surface area contributed by atoms with E-state index >= 15 is 0 Å². The lowest BCUT2D eigenvalue weighted by atomic mass is 9.92. The van der Waals surface area contributed by atoms with Crippen LogP contribution in [0.15, 0.2) is 24.3 Å². The molecule has 19 heavy (non-hydrogen) atoms. The van der Waals surface area contributed by atoms with Crippen LogP contribution in [0.2, 0.25) is 0 Å². The maximum absolute atomic E-state index is 5.53. The van der Waals surface area contributed by atoms with Gasteiger partial charge in [-0.2, -0.15) is 0 Å². The van der Waals surface area contributed by atoms with E-state index in [0.29, 0.717) is 17.9 Å². The van der Waals surface area contributed by atoms with E-state index in [0.717, 1.165) is 26.2 Å². The molecule has 0 amide bonds. The second-order valence-corrected chi connectivity index (χ2v) is 5.89. The number of benzene rings is 1. The smallest absolute Gasteiger partial charge is 0.0510 e. The Morgan fingerprint density at radius 2 is 2.00 bits per heavy atom. The zero-order chi connectivity index (χ0) is 13.7. The zero-order valence-electron chi connectivity index (χ0n) is 12.5. The van der Waals surface area contributed by atoms with E-state index < -0.39 is 0 Å². The van der Waals surface area contributed by atoms with E-state index in [1.807, 2.05) is 0 Å². The van der Waals surface area contributed by atoms with E-state index in [1.165, 1.54) is 17.5 Å². The van der Waals surface area contributed by atoms with Gasteiger partial charge in [-0.05, 0) is 36.4 Å². The summed E-state index contributed by atoms with van der Waals surface area (Å²) in [6.45, 7) is 9.55. The third kappa shape index (κ3) is 4.05. The fraction of sp³-hybridized carbons (Fsp3) is 0.647. The highest BCUT2D eigenvalue weighted by atomic mass is 16.5. The van der Waals surface area contributed by atoms with Crippen LogP contribution in [0, 0.1) is 5.92 Å². The number of likely N-dealkylation sites (N-methyl/N-ethyl adjacent to an activating group) is 1. The van der Waals surface area contributed by atoms with Gasteiger partial charge in [0.1, 0.15) is 0 Å². The third-order valence-corrected chi connectivity index (χ3v) is 4.10. The summed E-state index contributed by atoms with van der Waals surface area (Å²) in [5, 5.41) is 3.63.